The van der Waals surface area contributed by atoms with Crippen LogP contribution in [0.15, 0.2) is 84.0 Å². The van der Waals surface area contributed by atoms with Crippen LogP contribution >= 0.6 is 0 Å². The topological polar surface area (TPSA) is 75.6 Å². The Labute approximate surface area is 196 Å². The molecule has 5 nitrogen and oxygen atoms in total. The molecule has 2 N–H and O–H groups in total. The fourth-order valence-electron chi connectivity index (χ4n) is 4.24. The SMILES string of the molecule is C/C=C(OC)\C(O)=C/CCC(=O)NC1=CC=CC(c2ccc(C(=O)C3CCCC3)cc2)C=C1. The Hall–Kier alpha value is -3.34. The standard InChI is InChI=1S/C28H33NO4/c1-3-26(33-2)25(30)12-7-13-27(31)29-24-11-6-10-20(18-19-24)21-14-16-23(17-15-21)28(32)22-8-4-5-9-22/h3,6,10-12,14-20,22,30H,4-5,7-9,13H2,1-2H3,(H,29,31)/b25-12+,26-3+. The van der Waals surface area contributed by atoms with Crippen LogP contribution in [0, 0.1) is 5.92 Å². The summed E-state index contributed by atoms with van der Waals surface area (Å²) in [6.07, 6.45) is 18.0. The van der Waals surface area contributed by atoms with Crippen molar-refractivity contribution in [1.82, 2.24) is 5.32 Å². The molecule has 0 saturated heterocycles. The number of Topliss-reactive ketones (excluding diaryl/α,β-unsaturated/α-hetero) is 1. The third-order valence-corrected chi connectivity index (χ3v) is 6.11. The molecule has 5 heteroatoms. The molecule has 1 unspecified atom stereocenters. The van der Waals surface area contributed by atoms with Crippen LogP contribution in [0.4, 0.5) is 0 Å². The summed E-state index contributed by atoms with van der Waals surface area (Å²) in [5, 5.41) is 12.8. The van der Waals surface area contributed by atoms with Gasteiger partial charge in [-0.1, -0.05) is 55.3 Å². The highest BCUT2D eigenvalue weighted by atomic mass is 16.5. The van der Waals surface area contributed by atoms with Gasteiger partial charge < -0.3 is 15.2 Å². The Kier molecular flexibility index (Phi) is 8.87. The number of ether oxygens (including phenoxy) is 1. The smallest absolute Gasteiger partial charge is 0.224 e. The zero-order valence-electron chi connectivity index (χ0n) is 19.4. The second-order valence-electron chi connectivity index (χ2n) is 8.39. The van der Waals surface area contributed by atoms with Crippen molar-refractivity contribution < 1.29 is 19.4 Å². The van der Waals surface area contributed by atoms with Crippen molar-refractivity contribution in [3.8, 4) is 0 Å². The number of hydrogen-bond acceptors (Lipinski definition) is 4. The number of benzene rings is 1. The largest absolute Gasteiger partial charge is 0.504 e. The highest BCUT2D eigenvalue weighted by molar-refractivity contribution is 5.98. The van der Waals surface area contributed by atoms with Crippen LogP contribution in [0.25, 0.3) is 0 Å². The lowest BCUT2D eigenvalue weighted by molar-refractivity contribution is -0.120. The normalized spacial score (nSPS) is 19.2. The first kappa shape index (κ1) is 24.3. The Bertz CT molecular complexity index is 989. The summed E-state index contributed by atoms with van der Waals surface area (Å²) in [7, 11) is 1.49. The average molecular weight is 448 g/mol. The van der Waals surface area contributed by atoms with Crippen molar-refractivity contribution in [3.05, 3.63) is 95.1 Å². The highest BCUT2D eigenvalue weighted by Gasteiger charge is 2.23. The van der Waals surface area contributed by atoms with Crippen molar-refractivity contribution >= 4 is 11.7 Å². The van der Waals surface area contributed by atoms with Crippen LogP contribution in [0.5, 0.6) is 0 Å². The van der Waals surface area contributed by atoms with E-state index < -0.39 is 0 Å². The predicted molar refractivity (Wildman–Crippen MR) is 131 cm³/mol. The zero-order valence-corrected chi connectivity index (χ0v) is 19.4. The minimum absolute atomic E-state index is 0.0307. The first-order valence-corrected chi connectivity index (χ1v) is 11.6. The van der Waals surface area contributed by atoms with E-state index in [1.54, 1.807) is 19.1 Å². The molecule has 1 aromatic carbocycles. The Morgan fingerprint density at radius 1 is 1.15 bits per heavy atom. The highest BCUT2D eigenvalue weighted by Crippen LogP contribution is 2.29. The number of carbonyl (C=O) groups excluding carboxylic acids is 2. The number of allylic oxidation sites excluding steroid dienone is 7. The molecule has 1 aromatic rings. The molecule has 0 aliphatic heterocycles. The summed E-state index contributed by atoms with van der Waals surface area (Å²) in [4.78, 5) is 24.9. The Morgan fingerprint density at radius 3 is 2.55 bits per heavy atom. The first-order valence-electron chi connectivity index (χ1n) is 11.6. The first-order chi connectivity index (χ1) is 16.0. The van der Waals surface area contributed by atoms with Crippen molar-refractivity contribution in [2.24, 2.45) is 5.92 Å². The molecule has 0 spiro atoms. The van der Waals surface area contributed by atoms with Crippen LogP contribution in [-0.4, -0.2) is 23.9 Å². The molecule has 2 aliphatic carbocycles. The van der Waals surface area contributed by atoms with Gasteiger partial charge >= 0.3 is 0 Å². The number of aliphatic hydroxyl groups is 1. The molecule has 33 heavy (non-hydrogen) atoms. The second kappa shape index (κ2) is 12.0. The van der Waals surface area contributed by atoms with Gasteiger partial charge in [0.15, 0.2) is 17.3 Å². The van der Waals surface area contributed by atoms with E-state index in [9.17, 15) is 14.7 Å². The number of methoxy groups -OCH3 is 1. The van der Waals surface area contributed by atoms with Crippen LogP contribution < -0.4 is 5.32 Å². The van der Waals surface area contributed by atoms with Crippen molar-refractivity contribution in [1.29, 1.82) is 0 Å². The van der Waals surface area contributed by atoms with E-state index in [1.807, 2.05) is 48.6 Å². The lowest BCUT2D eigenvalue weighted by Gasteiger charge is -2.11. The number of ketones is 1. The maximum atomic E-state index is 12.6. The average Bonchev–Trinajstić information content (AvgIpc) is 3.27. The van der Waals surface area contributed by atoms with Gasteiger partial charge in [-0.15, -0.1) is 0 Å². The van der Waals surface area contributed by atoms with E-state index in [0.717, 1.165) is 36.8 Å². The van der Waals surface area contributed by atoms with Gasteiger partial charge in [-0.3, -0.25) is 9.59 Å². The summed E-state index contributed by atoms with van der Waals surface area (Å²) < 4.78 is 5.04. The van der Waals surface area contributed by atoms with Crippen LogP contribution in [0.1, 0.15) is 67.3 Å². The maximum Gasteiger partial charge on any atom is 0.224 e. The van der Waals surface area contributed by atoms with Crippen LogP contribution in [-0.2, 0) is 9.53 Å². The summed E-state index contributed by atoms with van der Waals surface area (Å²) >= 11 is 0. The Balaban J connectivity index is 1.53. The van der Waals surface area contributed by atoms with Crippen LogP contribution in [0.2, 0.25) is 0 Å². The van der Waals surface area contributed by atoms with E-state index >= 15 is 0 Å². The molecule has 174 valence electrons. The monoisotopic (exact) mass is 447 g/mol. The van der Waals surface area contributed by atoms with Gasteiger partial charge in [0, 0.05) is 29.5 Å². The molecule has 0 heterocycles. The molecule has 1 fully saturated rings. The summed E-state index contributed by atoms with van der Waals surface area (Å²) in [5.74, 6) is 0.814. The third-order valence-electron chi connectivity index (χ3n) is 6.11. The van der Waals surface area contributed by atoms with Gasteiger partial charge in [0.25, 0.3) is 0 Å². The fourth-order valence-corrected chi connectivity index (χ4v) is 4.24. The minimum Gasteiger partial charge on any atom is -0.504 e. The van der Waals surface area contributed by atoms with Gasteiger partial charge in [-0.25, -0.2) is 0 Å². The quantitative estimate of drug-likeness (QED) is 0.275. The van der Waals surface area contributed by atoms with E-state index in [0.29, 0.717) is 17.9 Å². The number of hydrogen-bond donors (Lipinski definition) is 2. The molecular weight excluding hydrogens is 414 g/mol. The lowest BCUT2D eigenvalue weighted by Crippen LogP contribution is -2.21. The maximum absolute atomic E-state index is 12.6. The van der Waals surface area contributed by atoms with E-state index in [-0.39, 0.29) is 35.7 Å². The van der Waals surface area contributed by atoms with E-state index in [4.69, 9.17) is 4.74 Å². The summed E-state index contributed by atoms with van der Waals surface area (Å²) in [5.41, 5.74) is 2.61. The molecule has 0 bridgehead atoms. The molecule has 0 radical (unpaired) electrons. The zero-order chi connectivity index (χ0) is 23.6. The van der Waals surface area contributed by atoms with Gasteiger partial charge in [-0.2, -0.15) is 0 Å². The van der Waals surface area contributed by atoms with Crippen molar-refractivity contribution in [2.45, 2.75) is 51.4 Å². The summed E-state index contributed by atoms with van der Waals surface area (Å²) in [6.45, 7) is 1.77. The number of nitrogens with one attached hydrogen (secondary N) is 1. The molecule has 1 saturated carbocycles. The minimum atomic E-state index is -0.129. The molecule has 1 atom stereocenters. The molecule has 3 rings (SSSR count). The number of carbonyl (C=O) groups is 2. The van der Waals surface area contributed by atoms with Gasteiger partial charge in [0.05, 0.1) is 7.11 Å². The second-order valence-corrected chi connectivity index (χ2v) is 8.39. The molecule has 0 aromatic heterocycles. The number of amides is 1. The molecule has 2 aliphatic rings. The Morgan fingerprint density at radius 2 is 1.88 bits per heavy atom. The third kappa shape index (κ3) is 6.82. The summed E-state index contributed by atoms with van der Waals surface area (Å²) in [6, 6.07) is 7.90. The van der Waals surface area contributed by atoms with Gasteiger partial charge in [0.1, 0.15) is 0 Å². The van der Waals surface area contributed by atoms with E-state index in [1.165, 1.54) is 7.11 Å². The van der Waals surface area contributed by atoms with Crippen LogP contribution in [0.3, 0.4) is 0 Å². The molecular formula is C28H33NO4. The fraction of sp³-hybridized carbons (Fsp3) is 0.357. The predicted octanol–water partition coefficient (Wildman–Crippen LogP) is 6.04. The number of rotatable bonds is 9. The number of aliphatic hydroxyl groups excluding tert-OH is 1. The van der Waals surface area contributed by atoms with Gasteiger partial charge in [-0.05, 0) is 56.1 Å². The molecule has 1 amide bonds. The van der Waals surface area contributed by atoms with Crippen molar-refractivity contribution in [3.63, 3.8) is 0 Å². The van der Waals surface area contributed by atoms with E-state index in [2.05, 4.69) is 11.4 Å². The van der Waals surface area contributed by atoms with Gasteiger partial charge in [0.2, 0.25) is 5.91 Å². The lowest BCUT2D eigenvalue weighted by atomic mass is 9.93. The van der Waals surface area contributed by atoms with Crippen molar-refractivity contribution in [2.75, 3.05) is 7.11 Å².